The number of ether oxygens (including phenoxy) is 1. The molecule has 1 N–H and O–H groups in total. The average Bonchev–Trinajstić information content (AvgIpc) is 2.54. The number of unbranched alkanes of at least 4 members (excludes halogenated alkanes) is 3. The lowest BCUT2D eigenvalue weighted by molar-refractivity contribution is 0.305. The normalized spacial score (nSPS) is 11.1. The minimum atomic E-state index is -0.0705. The molecule has 3 rings (SSSR count). The van der Waals surface area contributed by atoms with E-state index in [1.165, 1.54) is 19.3 Å². The van der Waals surface area contributed by atoms with Crippen molar-refractivity contribution in [2.45, 2.75) is 32.6 Å². The number of rotatable bonds is 6. The number of hydrogen-bond donors (Lipinski definition) is 1. The summed E-state index contributed by atoms with van der Waals surface area (Å²) in [5.74, 6) is 0.910. The van der Waals surface area contributed by atoms with Gasteiger partial charge in [0.15, 0.2) is 0 Å². The third-order valence-corrected chi connectivity index (χ3v) is 3.96. The number of pyridine rings is 1. The van der Waals surface area contributed by atoms with Gasteiger partial charge in [0.1, 0.15) is 5.75 Å². The molecule has 3 aromatic rings. The van der Waals surface area contributed by atoms with Crippen molar-refractivity contribution in [3.8, 4) is 5.75 Å². The Morgan fingerprint density at radius 1 is 0.955 bits per heavy atom. The topological polar surface area (TPSA) is 42.1 Å². The van der Waals surface area contributed by atoms with Gasteiger partial charge < -0.3 is 9.72 Å². The van der Waals surface area contributed by atoms with Gasteiger partial charge in [-0.1, -0.05) is 38.3 Å². The highest BCUT2D eigenvalue weighted by molar-refractivity contribution is 6.06. The van der Waals surface area contributed by atoms with Gasteiger partial charge in [-0.25, -0.2) is 0 Å². The Morgan fingerprint density at radius 2 is 1.82 bits per heavy atom. The molecule has 0 bridgehead atoms. The van der Waals surface area contributed by atoms with Gasteiger partial charge in [-0.2, -0.15) is 0 Å². The molecule has 0 fully saturated rings. The molecule has 3 nitrogen and oxygen atoms in total. The number of benzene rings is 2. The van der Waals surface area contributed by atoms with Crippen LogP contribution in [0.3, 0.4) is 0 Å². The van der Waals surface area contributed by atoms with E-state index in [0.717, 1.165) is 40.5 Å². The van der Waals surface area contributed by atoms with E-state index in [-0.39, 0.29) is 5.56 Å². The summed E-state index contributed by atoms with van der Waals surface area (Å²) in [5, 5.41) is 3.32. The van der Waals surface area contributed by atoms with E-state index < -0.39 is 0 Å². The molecule has 2 aromatic carbocycles. The van der Waals surface area contributed by atoms with Gasteiger partial charge in [-0.15, -0.1) is 0 Å². The van der Waals surface area contributed by atoms with Crippen LogP contribution in [0.25, 0.3) is 21.7 Å². The molecule has 0 saturated heterocycles. The molecule has 1 aromatic heterocycles. The van der Waals surface area contributed by atoms with Crippen molar-refractivity contribution in [2.24, 2.45) is 0 Å². The van der Waals surface area contributed by atoms with Gasteiger partial charge in [0.05, 0.1) is 6.61 Å². The molecular weight excluding hydrogens is 274 g/mol. The van der Waals surface area contributed by atoms with Gasteiger partial charge in [0, 0.05) is 17.0 Å². The number of aromatic nitrogens is 1. The molecule has 0 aliphatic heterocycles. The highest BCUT2D eigenvalue weighted by Gasteiger charge is 2.03. The molecule has 0 amide bonds. The summed E-state index contributed by atoms with van der Waals surface area (Å²) in [4.78, 5) is 14.3. The van der Waals surface area contributed by atoms with Crippen LogP contribution in [-0.2, 0) is 0 Å². The molecule has 114 valence electrons. The van der Waals surface area contributed by atoms with Gasteiger partial charge in [0.2, 0.25) is 5.56 Å². The van der Waals surface area contributed by atoms with E-state index in [4.69, 9.17) is 4.74 Å². The van der Waals surface area contributed by atoms with Crippen LogP contribution in [0.1, 0.15) is 32.6 Å². The largest absolute Gasteiger partial charge is 0.494 e. The maximum Gasteiger partial charge on any atom is 0.248 e. The fourth-order valence-corrected chi connectivity index (χ4v) is 2.76. The first kappa shape index (κ1) is 14.6. The van der Waals surface area contributed by atoms with Gasteiger partial charge in [-0.3, -0.25) is 4.79 Å². The summed E-state index contributed by atoms with van der Waals surface area (Å²) >= 11 is 0. The van der Waals surface area contributed by atoms with E-state index in [0.29, 0.717) is 0 Å². The predicted molar refractivity (Wildman–Crippen MR) is 91.7 cm³/mol. The fraction of sp³-hybridized carbons (Fsp3) is 0.316. The van der Waals surface area contributed by atoms with Crippen LogP contribution in [0, 0.1) is 0 Å². The summed E-state index contributed by atoms with van der Waals surface area (Å²) < 4.78 is 5.83. The average molecular weight is 295 g/mol. The Bertz CT molecular complexity index is 836. The van der Waals surface area contributed by atoms with Crippen molar-refractivity contribution in [1.82, 2.24) is 4.98 Å². The maximum absolute atomic E-state index is 11.4. The lowest BCUT2D eigenvalue weighted by Gasteiger charge is -2.08. The maximum atomic E-state index is 11.4. The Hall–Kier alpha value is -2.29. The van der Waals surface area contributed by atoms with Crippen LogP contribution < -0.4 is 10.3 Å². The van der Waals surface area contributed by atoms with Crippen LogP contribution in [0.4, 0.5) is 0 Å². The minimum absolute atomic E-state index is 0.0705. The molecule has 0 atom stereocenters. The standard InChI is InChI=1S/C19H21NO2/c1-2-3-4-5-12-22-15-7-8-16-14(13-15)6-10-18-17(16)9-11-19(21)20-18/h6-11,13H,2-5,12H2,1H3,(H,20,21). The highest BCUT2D eigenvalue weighted by Crippen LogP contribution is 2.27. The number of H-pyrrole nitrogens is 1. The lowest BCUT2D eigenvalue weighted by atomic mass is 10.1. The monoisotopic (exact) mass is 295 g/mol. The van der Waals surface area contributed by atoms with E-state index in [1.807, 2.05) is 24.3 Å². The van der Waals surface area contributed by atoms with E-state index in [2.05, 4.69) is 24.0 Å². The first-order valence-electron chi connectivity index (χ1n) is 7.96. The van der Waals surface area contributed by atoms with Crippen molar-refractivity contribution in [2.75, 3.05) is 6.61 Å². The third-order valence-electron chi connectivity index (χ3n) is 3.96. The van der Waals surface area contributed by atoms with E-state index in [9.17, 15) is 4.79 Å². The number of nitrogens with one attached hydrogen (secondary N) is 1. The molecule has 0 aliphatic rings. The van der Waals surface area contributed by atoms with Crippen molar-refractivity contribution >= 4 is 21.7 Å². The SMILES string of the molecule is CCCCCCOc1ccc2c(ccc3[nH]c(=O)ccc32)c1. The lowest BCUT2D eigenvalue weighted by Crippen LogP contribution is -2.02. The van der Waals surface area contributed by atoms with Crippen LogP contribution >= 0.6 is 0 Å². The Balaban J connectivity index is 1.83. The molecule has 0 saturated carbocycles. The van der Waals surface area contributed by atoms with Crippen LogP contribution in [-0.4, -0.2) is 11.6 Å². The van der Waals surface area contributed by atoms with Gasteiger partial charge in [0.25, 0.3) is 0 Å². The molecular formula is C19H21NO2. The molecule has 0 radical (unpaired) electrons. The van der Waals surface area contributed by atoms with Gasteiger partial charge >= 0.3 is 0 Å². The number of aromatic amines is 1. The molecule has 3 heteroatoms. The Labute approximate surface area is 129 Å². The first-order chi connectivity index (χ1) is 10.8. The van der Waals surface area contributed by atoms with Crippen LogP contribution in [0.5, 0.6) is 5.75 Å². The van der Waals surface area contributed by atoms with Crippen molar-refractivity contribution in [1.29, 1.82) is 0 Å². The second-order valence-electron chi connectivity index (χ2n) is 5.64. The quantitative estimate of drug-likeness (QED) is 0.531. The number of hydrogen-bond acceptors (Lipinski definition) is 2. The number of fused-ring (bicyclic) bond motifs is 3. The second kappa shape index (κ2) is 6.65. The van der Waals surface area contributed by atoms with Crippen molar-refractivity contribution in [3.63, 3.8) is 0 Å². The summed E-state index contributed by atoms with van der Waals surface area (Å²) in [6.45, 7) is 2.98. The molecule has 0 unspecified atom stereocenters. The minimum Gasteiger partial charge on any atom is -0.494 e. The van der Waals surface area contributed by atoms with Gasteiger partial charge in [-0.05, 0) is 41.5 Å². The summed E-state index contributed by atoms with van der Waals surface area (Å²) in [6.07, 6.45) is 4.84. The Morgan fingerprint density at radius 3 is 2.68 bits per heavy atom. The fourth-order valence-electron chi connectivity index (χ4n) is 2.76. The van der Waals surface area contributed by atoms with E-state index in [1.54, 1.807) is 6.07 Å². The summed E-state index contributed by atoms with van der Waals surface area (Å²) in [5.41, 5.74) is 0.798. The predicted octanol–water partition coefficient (Wildman–Crippen LogP) is 4.64. The molecule has 0 spiro atoms. The summed E-state index contributed by atoms with van der Waals surface area (Å²) in [6, 6.07) is 13.6. The second-order valence-corrected chi connectivity index (χ2v) is 5.64. The smallest absolute Gasteiger partial charge is 0.248 e. The zero-order valence-corrected chi connectivity index (χ0v) is 12.9. The van der Waals surface area contributed by atoms with E-state index >= 15 is 0 Å². The van der Waals surface area contributed by atoms with Crippen molar-refractivity contribution < 1.29 is 4.74 Å². The highest BCUT2D eigenvalue weighted by atomic mass is 16.5. The zero-order valence-electron chi connectivity index (χ0n) is 12.9. The summed E-state index contributed by atoms with van der Waals surface area (Å²) in [7, 11) is 0. The molecule has 22 heavy (non-hydrogen) atoms. The molecule has 1 heterocycles. The molecule has 0 aliphatic carbocycles. The van der Waals surface area contributed by atoms with Crippen LogP contribution in [0.15, 0.2) is 47.3 Å². The first-order valence-corrected chi connectivity index (χ1v) is 7.96. The Kier molecular flexibility index (Phi) is 4.42. The van der Waals surface area contributed by atoms with Crippen molar-refractivity contribution in [3.05, 3.63) is 52.8 Å². The third kappa shape index (κ3) is 3.14. The van der Waals surface area contributed by atoms with Crippen LogP contribution in [0.2, 0.25) is 0 Å². The zero-order chi connectivity index (χ0) is 15.4.